The summed E-state index contributed by atoms with van der Waals surface area (Å²) in [7, 11) is 6.04. The maximum Gasteiger partial charge on any atom is 0.135 e. The summed E-state index contributed by atoms with van der Waals surface area (Å²) in [6, 6.07) is 10.2. The Morgan fingerprint density at radius 2 is 2.00 bits per heavy atom. The largest absolute Gasteiger partial charge is 0.491 e. The fourth-order valence-electron chi connectivity index (χ4n) is 4.26. The van der Waals surface area contributed by atoms with E-state index in [1.807, 2.05) is 50.1 Å². The van der Waals surface area contributed by atoms with Crippen LogP contribution in [0.15, 0.2) is 43.0 Å². The average molecular weight is 432 g/mol. The molecule has 0 bridgehead atoms. The average Bonchev–Trinajstić information content (AvgIpc) is 3.24. The van der Waals surface area contributed by atoms with Crippen molar-refractivity contribution in [2.45, 2.75) is 18.8 Å². The quantitative estimate of drug-likeness (QED) is 0.568. The predicted molar refractivity (Wildman–Crippen MR) is 124 cm³/mol. The highest BCUT2D eigenvalue weighted by molar-refractivity contribution is 5.85. The minimum atomic E-state index is 0.375. The number of nitrogens with zero attached hydrogens (tertiary/aromatic N) is 7. The molecule has 3 heterocycles. The second-order valence-corrected chi connectivity index (χ2v) is 8.40. The van der Waals surface area contributed by atoms with Crippen molar-refractivity contribution in [3.63, 3.8) is 0 Å². The van der Waals surface area contributed by atoms with Crippen molar-refractivity contribution < 1.29 is 4.74 Å². The molecule has 3 aromatic rings. The minimum Gasteiger partial charge on any atom is -0.491 e. The first kappa shape index (κ1) is 21.8. The van der Waals surface area contributed by atoms with E-state index in [0.717, 1.165) is 60.9 Å². The monoisotopic (exact) mass is 431 g/mol. The summed E-state index contributed by atoms with van der Waals surface area (Å²) in [5, 5.41) is 18.2. The van der Waals surface area contributed by atoms with Gasteiger partial charge in [-0.1, -0.05) is 12.1 Å². The Bertz CT molecular complexity index is 1090. The lowest BCUT2D eigenvalue weighted by Gasteiger charge is -2.35. The van der Waals surface area contributed by atoms with Crippen LogP contribution in [0.4, 0.5) is 5.69 Å². The van der Waals surface area contributed by atoms with Crippen LogP contribution in [0.3, 0.4) is 0 Å². The molecule has 0 radical (unpaired) electrons. The number of nitriles is 1. The molecule has 4 rings (SSSR count). The molecule has 0 N–H and O–H groups in total. The molecule has 0 aliphatic carbocycles. The number of aryl methyl sites for hydroxylation is 1. The molecular formula is C24H29N7O. The topological polar surface area (TPSA) is 83.1 Å². The Hall–Kier alpha value is -3.44. The number of benzene rings is 1. The summed E-state index contributed by atoms with van der Waals surface area (Å²) in [5.41, 5.74) is 3.52. The van der Waals surface area contributed by atoms with E-state index < -0.39 is 0 Å². The Labute approximate surface area is 189 Å². The van der Waals surface area contributed by atoms with Gasteiger partial charge >= 0.3 is 0 Å². The number of hydrogen-bond donors (Lipinski definition) is 0. The van der Waals surface area contributed by atoms with Crippen LogP contribution >= 0.6 is 0 Å². The molecule has 1 aliphatic rings. The van der Waals surface area contributed by atoms with Crippen LogP contribution in [-0.4, -0.2) is 65.0 Å². The Kier molecular flexibility index (Phi) is 6.66. The van der Waals surface area contributed by atoms with Gasteiger partial charge in [-0.05, 0) is 39.1 Å². The van der Waals surface area contributed by atoms with Crippen molar-refractivity contribution in [1.29, 1.82) is 5.26 Å². The molecule has 32 heavy (non-hydrogen) atoms. The molecule has 1 aliphatic heterocycles. The number of piperidine rings is 1. The van der Waals surface area contributed by atoms with Gasteiger partial charge in [0.25, 0.3) is 0 Å². The summed E-state index contributed by atoms with van der Waals surface area (Å²) < 4.78 is 8.10. The van der Waals surface area contributed by atoms with Gasteiger partial charge in [0.15, 0.2) is 0 Å². The number of aromatic nitrogens is 4. The second kappa shape index (κ2) is 9.79. The first-order valence-electron chi connectivity index (χ1n) is 10.9. The van der Waals surface area contributed by atoms with Crippen LogP contribution < -0.4 is 9.64 Å². The molecular weight excluding hydrogens is 402 g/mol. The molecule has 1 aromatic carbocycles. The van der Waals surface area contributed by atoms with Crippen LogP contribution in [0, 0.1) is 11.3 Å². The summed E-state index contributed by atoms with van der Waals surface area (Å²) in [6.45, 7) is 3.10. The van der Waals surface area contributed by atoms with Crippen LogP contribution in [0.25, 0.3) is 11.1 Å². The van der Waals surface area contributed by atoms with Crippen molar-refractivity contribution in [2.75, 3.05) is 45.2 Å². The lowest BCUT2D eigenvalue weighted by molar-refractivity contribution is 0.262. The van der Waals surface area contributed by atoms with Gasteiger partial charge in [-0.15, -0.1) is 10.2 Å². The number of ether oxygens (including phenoxy) is 1. The van der Waals surface area contributed by atoms with E-state index in [1.54, 1.807) is 12.5 Å². The van der Waals surface area contributed by atoms with Gasteiger partial charge in [-0.2, -0.15) is 5.26 Å². The molecule has 1 saturated heterocycles. The zero-order valence-corrected chi connectivity index (χ0v) is 18.9. The van der Waals surface area contributed by atoms with Crippen LogP contribution in [0.2, 0.25) is 0 Å². The van der Waals surface area contributed by atoms with E-state index in [0.29, 0.717) is 18.1 Å². The van der Waals surface area contributed by atoms with E-state index >= 15 is 0 Å². The normalized spacial score (nSPS) is 14.5. The van der Waals surface area contributed by atoms with Gasteiger partial charge in [-0.3, -0.25) is 4.98 Å². The smallest absolute Gasteiger partial charge is 0.135 e. The fourth-order valence-corrected chi connectivity index (χ4v) is 4.26. The standard InChI is InChI=1S/C24H29N7O/c1-29(2)13-14-32-22-7-10-26-16-21(22)20-6-4-5-19(15-25)23(20)31-11-8-18(9-12-31)24-28-27-17-30(24)3/h4-7,10,16-18H,8-9,11-14H2,1-3H3. The zero-order chi connectivity index (χ0) is 22.5. The molecule has 2 aromatic heterocycles. The van der Waals surface area contributed by atoms with E-state index in [1.165, 1.54) is 0 Å². The second-order valence-electron chi connectivity index (χ2n) is 8.40. The van der Waals surface area contributed by atoms with E-state index in [9.17, 15) is 5.26 Å². The Morgan fingerprint density at radius 3 is 2.69 bits per heavy atom. The van der Waals surface area contributed by atoms with E-state index in [-0.39, 0.29) is 0 Å². The SMILES string of the molecule is CN(C)CCOc1ccncc1-c1cccc(C#N)c1N1CCC(c2nncn2C)CC1. The molecule has 0 amide bonds. The first-order valence-corrected chi connectivity index (χ1v) is 10.9. The third-order valence-electron chi connectivity index (χ3n) is 5.95. The van der Waals surface area contributed by atoms with Crippen molar-refractivity contribution >= 4 is 5.69 Å². The highest BCUT2D eigenvalue weighted by atomic mass is 16.5. The lowest BCUT2D eigenvalue weighted by atomic mass is 9.93. The van der Waals surface area contributed by atoms with Crippen LogP contribution in [0.1, 0.15) is 30.1 Å². The third-order valence-corrected chi connectivity index (χ3v) is 5.95. The lowest BCUT2D eigenvalue weighted by Crippen LogP contribution is -2.34. The minimum absolute atomic E-state index is 0.375. The molecule has 0 spiro atoms. The van der Waals surface area contributed by atoms with Gasteiger partial charge in [-0.25, -0.2) is 0 Å². The van der Waals surface area contributed by atoms with E-state index in [4.69, 9.17) is 4.74 Å². The maximum absolute atomic E-state index is 9.88. The number of hydrogen-bond acceptors (Lipinski definition) is 7. The van der Waals surface area contributed by atoms with Gasteiger partial charge in [0, 0.05) is 56.1 Å². The van der Waals surface area contributed by atoms with Gasteiger partial charge in [0.1, 0.15) is 30.6 Å². The predicted octanol–water partition coefficient (Wildman–Crippen LogP) is 3.07. The highest BCUT2D eigenvalue weighted by Crippen LogP contribution is 2.40. The summed E-state index contributed by atoms with van der Waals surface area (Å²) >= 11 is 0. The van der Waals surface area contributed by atoms with Crippen LogP contribution in [-0.2, 0) is 7.05 Å². The number of rotatable bonds is 7. The molecule has 8 nitrogen and oxygen atoms in total. The highest BCUT2D eigenvalue weighted by Gasteiger charge is 2.27. The number of para-hydroxylation sites is 1. The first-order chi connectivity index (χ1) is 15.6. The molecule has 166 valence electrons. The van der Waals surface area contributed by atoms with Crippen molar-refractivity contribution in [1.82, 2.24) is 24.6 Å². The summed E-state index contributed by atoms with van der Waals surface area (Å²) in [5.74, 6) is 2.19. The van der Waals surface area contributed by atoms with Gasteiger partial charge < -0.3 is 19.1 Å². The Balaban J connectivity index is 1.63. The molecule has 8 heteroatoms. The van der Waals surface area contributed by atoms with Gasteiger partial charge in [0.05, 0.1) is 11.3 Å². The summed E-state index contributed by atoms with van der Waals surface area (Å²) in [6.07, 6.45) is 7.26. The third kappa shape index (κ3) is 4.58. The maximum atomic E-state index is 9.88. The zero-order valence-electron chi connectivity index (χ0n) is 18.9. The molecule has 0 saturated carbocycles. The molecule has 0 atom stereocenters. The van der Waals surface area contributed by atoms with Crippen molar-refractivity contribution in [3.8, 4) is 22.9 Å². The number of anilines is 1. The number of likely N-dealkylation sites (N-methyl/N-ethyl adjacent to an activating group) is 1. The van der Waals surface area contributed by atoms with Gasteiger partial charge in [0.2, 0.25) is 0 Å². The van der Waals surface area contributed by atoms with E-state index in [2.05, 4.69) is 37.1 Å². The fraction of sp³-hybridized carbons (Fsp3) is 0.417. The molecule has 1 fully saturated rings. The summed E-state index contributed by atoms with van der Waals surface area (Å²) in [4.78, 5) is 8.76. The Morgan fingerprint density at radius 1 is 1.19 bits per heavy atom. The molecule has 0 unspecified atom stereocenters. The van der Waals surface area contributed by atoms with Crippen LogP contribution in [0.5, 0.6) is 5.75 Å². The number of pyridine rings is 1. The van der Waals surface area contributed by atoms with Crippen molar-refractivity contribution in [2.24, 2.45) is 7.05 Å². The van der Waals surface area contributed by atoms with Crippen molar-refractivity contribution in [3.05, 3.63) is 54.4 Å².